The van der Waals surface area contributed by atoms with Crippen molar-refractivity contribution >= 4 is 27.5 Å². The highest BCUT2D eigenvalue weighted by Gasteiger charge is 2.32. The molecule has 0 fully saturated rings. The number of nitrogens with zero attached hydrogens (tertiary/aromatic N) is 2. The van der Waals surface area contributed by atoms with Gasteiger partial charge in [-0.15, -0.1) is 0 Å². The lowest BCUT2D eigenvalue weighted by Crippen LogP contribution is -2.52. The molecule has 0 aliphatic carbocycles. The number of nitrogens with one attached hydrogen (secondary N) is 1. The lowest BCUT2D eigenvalue weighted by molar-refractivity contribution is -0.140. The van der Waals surface area contributed by atoms with Crippen LogP contribution in [0.2, 0.25) is 0 Å². The second-order valence-electron chi connectivity index (χ2n) is 10.1. The van der Waals surface area contributed by atoms with Gasteiger partial charge < -0.3 is 10.2 Å². The van der Waals surface area contributed by atoms with Gasteiger partial charge in [-0.25, -0.2) is 8.42 Å². The summed E-state index contributed by atoms with van der Waals surface area (Å²) >= 11 is 0. The Morgan fingerprint density at radius 2 is 1.67 bits per heavy atom. The van der Waals surface area contributed by atoms with E-state index in [-0.39, 0.29) is 30.8 Å². The first-order valence-corrected chi connectivity index (χ1v) is 14.4. The van der Waals surface area contributed by atoms with Crippen LogP contribution in [0.4, 0.5) is 5.69 Å². The molecule has 1 N–H and O–H groups in total. The summed E-state index contributed by atoms with van der Waals surface area (Å²) in [4.78, 5) is 28.5. The molecule has 0 saturated carbocycles. The molecule has 36 heavy (non-hydrogen) atoms. The summed E-state index contributed by atoms with van der Waals surface area (Å²) < 4.78 is 26.9. The molecule has 0 radical (unpaired) electrons. The molecule has 0 saturated heterocycles. The van der Waals surface area contributed by atoms with Crippen LogP contribution in [-0.4, -0.2) is 50.5 Å². The van der Waals surface area contributed by atoms with Crippen LogP contribution in [0.1, 0.15) is 63.6 Å². The molecule has 0 bridgehead atoms. The molecule has 8 heteroatoms. The number of amides is 2. The summed E-state index contributed by atoms with van der Waals surface area (Å²) in [5.41, 5.74) is 3.24. The zero-order chi connectivity index (χ0) is 27.0. The van der Waals surface area contributed by atoms with Crippen LogP contribution in [0, 0.1) is 12.8 Å². The number of hydrogen-bond donors (Lipinski definition) is 1. The van der Waals surface area contributed by atoms with Crippen LogP contribution in [-0.2, 0) is 26.2 Å². The first-order chi connectivity index (χ1) is 16.8. The predicted octanol–water partition coefficient (Wildman–Crippen LogP) is 4.46. The van der Waals surface area contributed by atoms with Crippen molar-refractivity contribution in [1.29, 1.82) is 0 Å². The maximum atomic E-state index is 13.8. The zero-order valence-electron chi connectivity index (χ0n) is 22.6. The average Bonchev–Trinajstić information content (AvgIpc) is 2.80. The smallest absolute Gasteiger partial charge is 0.244 e. The Kier molecular flexibility index (Phi) is 10.5. The zero-order valence-corrected chi connectivity index (χ0v) is 23.4. The largest absolute Gasteiger partial charge is 0.354 e. The Bertz CT molecular complexity index is 1140. The minimum absolute atomic E-state index is 0.0640. The maximum Gasteiger partial charge on any atom is 0.244 e. The molecule has 0 aromatic heterocycles. The number of rotatable bonds is 12. The molecule has 0 aliphatic rings. The van der Waals surface area contributed by atoms with E-state index < -0.39 is 22.0 Å². The molecule has 1 atom stereocenters. The predicted molar refractivity (Wildman–Crippen MR) is 146 cm³/mol. The number of carbonyl (C=O) groups is 2. The second-order valence-corrected chi connectivity index (χ2v) is 12.0. The number of benzene rings is 2. The van der Waals surface area contributed by atoms with Gasteiger partial charge in [0, 0.05) is 13.1 Å². The third-order valence-electron chi connectivity index (χ3n) is 6.01. The highest BCUT2D eigenvalue weighted by Crippen LogP contribution is 2.29. The summed E-state index contributed by atoms with van der Waals surface area (Å²) in [6.45, 7) is 12.1. The van der Waals surface area contributed by atoms with Crippen LogP contribution in [0.25, 0.3) is 0 Å². The van der Waals surface area contributed by atoms with Crippen molar-refractivity contribution in [1.82, 2.24) is 10.2 Å². The van der Waals surface area contributed by atoms with E-state index >= 15 is 0 Å². The Labute approximate surface area is 216 Å². The van der Waals surface area contributed by atoms with Gasteiger partial charge in [0.2, 0.25) is 21.8 Å². The summed E-state index contributed by atoms with van der Waals surface area (Å²) in [6, 6.07) is 14.3. The number of para-hydroxylation sites is 1. The first kappa shape index (κ1) is 29.4. The molecular weight excluding hydrogens is 474 g/mol. The Hall–Kier alpha value is -2.87. The number of aryl methyl sites for hydroxylation is 1. The van der Waals surface area contributed by atoms with E-state index in [1.165, 1.54) is 4.90 Å². The van der Waals surface area contributed by atoms with Crippen molar-refractivity contribution in [3.63, 3.8) is 0 Å². The van der Waals surface area contributed by atoms with Crippen LogP contribution in [0.3, 0.4) is 0 Å². The molecule has 2 amide bonds. The minimum Gasteiger partial charge on any atom is -0.354 e. The number of carbonyl (C=O) groups excluding carboxylic acids is 2. The fourth-order valence-electron chi connectivity index (χ4n) is 4.15. The van der Waals surface area contributed by atoms with E-state index in [0.29, 0.717) is 18.7 Å². The Morgan fingerprint density at radius 1 is 1.00 bits per heavy atom. The van der Waals surface area contributed by atoms with Gasteiger partial charge in [-0.05, 0) is 42.4 Å². The Balaban J connectivity index is 2.49. The van der Waals surface area contributed by atoms with Crippen LogP contribution in [0.5, 0.6) is 0 Å². The third kappa shape index (κ3) is 8.08. The molecular formula is C28H41N3O4S. The Morgan fingerprint density at radius 3 is 2.22 bits per heavy atom. The van der Waals surface area contributed by atoms with E-state index in [0.717, 1.165) is 27.3 Å². The molecule has 2 aromatic carbocycles. The number of hydrogen-bond acceptors (Lipinski definition) is 4. The van der Waals surface area contributed by atoms with Gasteiger partial charge in [0.25, 0.3) is 0 Å². The van der Waals surface area contributed by atoms with Crippen molar-refractivity contribution in [3.8, 4) is 0 Å². The third-order valence-corrected chi connectivity index (χ3v) is 7.14. The van der Waals surface area contributed by atoms with Gasteiger partial charge >= 0.3 is 0 Å². The fraction of sp³-hybridized carbons (Fsp3) is 0.500. The fourth-order valence-corrected chi connectivity index (χ4v) is 5.02. The molecule has 1 unspecified atom stereocenters. The lowest BCUT2D eigenvalue weighted by Gasteiger charge is -2.33. The summed E-state index contributed by atoms with van der Waals surface area (Å²) in [6.07, 6.45) is 1.51. The van der Waals surface area contributed by atoms with E-state index in [9.17, 15) is 18.0 Å². The van der Waals surface area contributed by atoms with Crippen LogP contribution >= 0.6 is 0 Å². The molecule has 198 valence electrons. The molecule has 7 nitrogen and oxygen atoms in total. The van der Waals surface area contributed by atoms with Crippen molar-refractivity contribution in [2.45, 2.75) is 66.5 Å². The van der Waals surface area contributed by atoms with Gasteiger partial charge in [-0.2, -0.15) is 0 Å². The van der Waals surface area contributed by atoms with Gasteiger partial charge in [-0.3, -0.25) is 13.9 Å². The van der Waals surface area contributed by atoms with E-state index in [1.54, 1.807) is 12.1 Å². The number of anilines is 1. The molecule has 0 heterocycles. The first-order valence-electron chi connectivity index (χ1n) is 12.5. The normalized spacial score (nSPS) is 12.5. The van der Waals surface area contributed by atoms with Crippen LogP contribution in [0.15, 0.2) is 48.5 Å². The van der Waals surface area contributed by atoms with Crippen LogP contribution < -0.4 is 9.62 Å². The minimum atomic E-state index is -3.77. The molecule has 0 spiro atoms. The van der Waals surface area contributed by atoms with Crippen molar-refractivity contribution in [2.75, 3.05) is 23.7 Å². The van der Waals surface area contributed by atoms with E-state index in [2.05, 4.69) is 5.32 Å². The highest BCUT2D eigenvalue weighted by molar-refractivity contribution is 7.92. The van der Waals surface area contributed by atoms with E-state index in [1.807, 2.05) is 77.9 Å². The molecule has 2 rings (SSSR count). The molecule has 0 aliphatic heterocycles. The summed E-state index contributed by atoms with van der Waals surface area (Å²) in [7, 11) is -3.77. The van der Waals surface area contributed by atoms with Crippen molar-refractivity contribution in [3.05, 3.63) is 65.2 Å². The topological polar surface area (TPSA) is 86.8 Å². The average molecular weight is 516 g/mol. The summed E-state index contributed by atoms with van der Waals surface area (Å²) in [5, 5.41) is 2.94. The quantitative estimate of drug-likeness (QED) is 0.452. The monoisotopic (exact) mass is 515 g/mol. The van der Waals surface area contributed by atoms with Crippen molar-refractivity contribution < 1.29 is 18.0 Å². The lowest BCUT2D eigenvalue weighted by atomic mass is 10.0. The van der Waals surface area contributed by atoms with Gasteiger partial charge in [0.05, 0.1) is 11.9 Å². The highest BCUT2D eigenvalue weighted by atomic mass is 32.2. The van der Waals surface area contributed by atoms with E-state index in [4.69, 9.17) is 0 Å². The van der Waals surface area contributed by atoms with Gasteiger partial charge in [0.1, 0.15) is 12.6 Å². The number of sulfonamides is 1. The SMILES string of the molecule is CCC(C(=O)NCC(C)C)N(Cc1cccc(C)c1)C(=O)CN(c1ccccc1C(C)C)S(C)(=O)=O. The summed E-state index contributed by atoms with van der Waals surface area (Å²) in [5.74, 6) is -0.331. The maximum absolute atomic E-state index is 13.8. The molecule has 2 aromatic rings. The van der Waals surface area contributed by atoms with Gasteiger partial charge in [-0.1, -0.05) is 82.6 Å². The van der Waals surface area contributed by atoms with Gasteiger partial charge in [0.15, 0.2) is 0 Å². The second kappa shape index (κ2) is 12.9. The van der Waals surface area contributed by atoms with Crippen molar-refractivity contribution in [2.24, 2.45) is 5.92 Å². The standard InChI is InChI=1S/C28H41N3O4S/c1-8-25(28(33)29-17-20(2)3)30(18-23-13-11-12-22(6)16-23)27(32)19-31(36(7,34)35)26-15-10-9-14-24(26)21(4)5/h9-16,20-21,25H,8,17-19H2,1-7H3,(H,29,33).